The maximum absolute atomic E-state index is 12.4. The predicted octanol–water partition coefficient (Wildman–Crippen LogP) is 3.58. The van der Waals surface area contributed by atoms with Gasteiger partial charge in [0, 0.05) is 11.0 Å². The van der Waals surface area contributed by atoms with Crippen molar-refractivity contribution in [2.75, 3.05) is 0 Å². The Labute approximate surface area is 92.2 Å². The van der Waals surface area contributed by atoms with Gasteiger partial charge in [-0.15, -0.1) is 0 Å². The monoisotopic (exact) mass is 287 g/mol. The fourth-order valence-electron chi connectivity index (χ4n) is 1.06. The van der Waals surface area contributed by atoms with Gasteiger partial charge in [0.05, 0.1) is 10.6 Å². The second-order valence-corrected chi connectivity index (χ2v) is 3.79. The molecule has 1 aromatic carbocycles. The summed E-state index contributed by atoms with van der Waals surface area (Å²) < 4.78 is 37.5. The van der Waals surface area contributed by atoms with Crippen LogP contribution in [-0.4, -0.2) is 0 Å². The third-order valence-electron chi connectivity index (χ3n) is 1.71. The number of hydrogen-bond acceptors (Lipinski definition) is 1. The first kappa shape index (κ1) is 11.8. The third-order valence-corrected chi connectivity index (χ3v) is 3.15. The van der Waals surface area contributed by atoms with Gasteiger partial charge in [0.25, 0.3) is 0 Å². The van der Waals surface area contributed by atoms with Crippen LogP contribution < -0.4 is 5.73 Å². The van der Waals surface area contributed by atoms with E-state index in [1.807, 2.05) is 0 Å². The van der Waals surface area contributed by atoms with E-state index in [2.05, 4.69) is 15.9 Å². The zero-order valence-electron chi connectivity index (χ0n) is 6.83. The SMILES string of the molecule is NCc1c(C(F)(F)F)ccc(Cl)c1Br. The minimum atomic E-state index is -4.40. The fraction of sp³-hybridized carbons (Fsp3) is 0.250. The van der Waals surface area contributed by atoms with E-state index in [4.69, 9.17) is 17.3 Å². The summed E-state index contributed by atoms with van der Waals surface area (Å²) in [5.41, 5.74) is 4.45. The second kappa shape index (κ2) is 4.08. The zero-order chi connectivity index (χ0) is 10.9. The van der Waals surface area contributed by atoms with E-state index in [1.54, 1.807) is 0 Å². The highest BCUT2D eigenvalue weighted by Crippen LogP contribution is 2.37. The lowest BCUT2D eigenvalue weighted by Crippen LogP contribution is -2.12. The average molecular weight is 288 g/mol. The number of rotatable bonds is 1. The summed E-state index contributed by atoms with van der Waals surface area (Å²) in [4.78, 5) is 0. The molecule has 0 bridgehead atoms. The lowest BCUT2D eigenvalue weighted by molar-refractivity contribution is -0.138. The molecule has 6 heteroatoms. The minimum absolute atomic E-state index is 0.0231. The van der Waals surface area contributed by atoms with Crippen molar-refractivity contribution in [2.24, 2.45) is 5.73 Å². The van der Waals surface area contributed by atoms with Crippen LogP contribution >= 0.6 is 27.5 Å². The molecule has 0 atom stereocenters. The van der Waals surface area contributed by atoms with Crippen LogP contribution in [0.25, 0.3) is 0 Å². The van der Waals surface area contributed by atoms with Crippen molar-refractivity contribution in [3.8, 4) is 0 Å². The van der Waals surface area contributed by atoms with E-state index in [0.29, 0.717) is 0 Å². The molecule has 1 nitrogen and oxygen atoms in total. The molecule has 0 radical (unpaired) electrons. The summed E-state index contributed by atoms with van der Waals surface area (Å²) in [6.07, 6.45) is -4.40. The van der Waals surface area contributed by atoms with Crippen molar-refractivity contribution in [1.29, 1.82) is 0 Å². The summed E-state index contributed by atoms with van der Waals surface area (Å²) in [5, 5.41) is 0.221. The summed E-state index contributed by atoms with van der Waals surface area (Å²) in [6.45, 7) is -0.212. The van der Waals surface area contributed by atoms with Gasteiger partial charge >= 0.3 is 6.18 Å². The van der Waals surface area contributed by atoms with E-state index in [0.717, 1.165) is 6.07 Å². The molecular weight excluding hydrogens is 282 g/mol. The quantitative estimate of drug-likeness (QED) is 0.840. The molecule has 0 saturated carbocycles. The summed E-state index contributed by atoms with van der Waals surface area (Å²) in [7, 11) is 0. The van der Waals surface area contributed by atoms with Crippen LogP contribution in [0.2, 0.25) is 5.02 Å². The third kappa shape index (κ3) is 2.21. The number of alkyl halides is 3. The van der Waals surface area contributed by atoms with Crippen molar-refractivity contribution < 1.29 is 13.2 Å². The molecule has 0 aromatic heterocycles. The molecule has 1 rings (SSSR count). The summed E-state index contributed by atoms with van der Waals surface area (Å²) in [6, 6.07) is 2.11. The molecule has 0 spiro atoms. The summed E-state index contributed by atoms with van der Waals surface area (Å²) in [5.74, 6) is 0. The molecular formula is C8H6BrClF3N. The van der Waals surface area contributed by atoms with Gasteiger partial charge in [-0.1, -0.05) is 11.6 Å². The van der Waals surface area contributed by atoms with Crippen molar-refractivity contribution in [3.05, 3.63) is 32.8 Å². The Hall–Kier alpha value is -0.260. The molecule has 14 heavy (non-hydrogen) atoms. The Morgan fingerprint density at radius 3 is 2.36 bits per heavy atom. The topological polar surface area (TPSA) is 26.0 Å². The molecule has 0 heterocycles. The molecule has 2 N–H and O–H groups in total. The lowest BCUT2D eigenvalue weighted by atomic mass is 10.1. The van der Waals surface area contributed by atoms with Gasteiger partial charge in [-0.2, -0.15) is 13.2 Å². The average Bonchev–Trinajstić information content (AvgIpc) is 2.07. The smallest absolute Gasteiger partial charge is 0.326 e. The van der Waals surface area contributed by atoms with E-state index < -0.39 is 11.7 Å². The first-order valence-corrected chi connectivity index (χ1v) is 4.79. The highest BCUT2D eigenvalue weighted by molar-refractivity contribution is 9.10. The Bertz CT molecular complexity index is 351. The van der Waals surface area contributed by atoms with Gasteiger partial charge in [0.1, 0.15) is 0 Å². The largest absolute Gasteiger partial charge is 0.416 e. The molecule has 0 amide bonds. The highest BCUT2D eigenvalue weighted by Gasteiger charge is 2.34. The predicted molar refractivity (Wildman–Crippen MR) is 52.0 cm³/mol. The van der Waals surface area contributed by atoms with Gasteiger partial charge < -0.3 is 5.73 Å². The van der Waals surface area contributed by atoms with E-state index in [1.165, 1.54) is 6.07 Å². The highest BCUT2D eigenvalue weighted by atomic mass is 79.9. The fourth-order valence-corrected chi connectivity index (χ4v) is 1.74. The minimum Gasteiger partial charge on any atom is -0.326 e. The van der Waals surface area contributed by atoms with Gasteiger partial charge in [0.15, 0.2) is 0 Å². The molecule has 1 aromatic rings. The van der Waals surface area contributed by atoms with Crippen molar-refractivity contribution >= 4 is 27.5 Å². The number of hydrogen-bond donors (Lipinski definition) is 1. The molecule has 78 valence electrons. The van der Waals surface area contributed by atoms with Crippen LogP contribution in [0.5, 0.6) is 0 Å². The molecule has 0 aliphatic rings. The van der Waals surface area contributed by atoms with E-state index in [9.17, 15) is 13.2 Å². The normalized spacial score (nSPS) is 11.9. The number of nitrogens with two attached hydrogens (primary N) is 1. The number of benzene rings is 1. The Morgan fingerprint density at radius 2 is 1.93 bits per heavy atom. The van der Waals surface area contributed by atoms with Gasteiger partial charge in [-0.3, -0.25) is 0 Å². The maximum Gasteiger partial charge on any atom is 0.416 e. The van der Waals surface area contributed by atoms with Gasteiger partial charge in [-0.05, 0) is 33.6 Å². The van der Waals surface area contributed by atoms with Crippen molar-refractivity contribution in [3.63, 3.8) is 0 Å². The van der Waals surface area contributed by atoms with Crippen LogP contribution in [0.3, 0.4) is 0 Å². The van der Waals surface area contributed by atoms with Crippen LogP contribution in [0.4, 0.5) is 13.2 Å². The molecule has 0 saturated heterocycles. The Balaban J connectivity index is 3.39. The Morgan fingerprint density at radius 1 is 1.36 bits per heavy atom. The summed E-state index contributed by atoms with van der Waals surface area (Å²) >= 11 is 8.62. The number of halogens is 5. The van der Waals surface area contributed by atoms with Gasteiger partial charge in [0.2, 0.25) is 0 Å². The maximum atomic E-state index is 12.4. The van der Waals surface area contributed by atoms with E-state index in [-0.39, 0.29) is 21.6 Å². The van der Waals surface area contributed by atoms with Gasteiger partial charge in [-0.25, -0.2) is 0 Å². The zero-order valence-corrected chi connectivity index (χ0v) is 9.17. The first-order chi connectivity index (χ1) is 6.38. The molecule has 0 aliphatic carbocycles. The first-order valence-electron chi connectivity index (χ1n) is 3.62. The molecule has 0 unspecified atom stereocenters. The second-order valence-electron chi connectivity index (χ2n) is 2.59. The van der Waals surface area contributed by atoms with Crippen LogP contribution in [-0.2, 0) is 12.7 Å². The van der Waals surface area contributed by atoms with Crippen molar-refractivity contribution in [2.45, 2.75) is 12.7 Å². The van der Waals surface area contributed by atoms with Crippen LogP contribution in [0, 0.1) is 0 Å². The van der Waals surface area contributed by atoms with Crippen LogP contribution in [0.1, 0.15) is 11.1 Å². The molecule has 0 aliphatic heterocycles. The van der Waals surface area contributed by atoms with E-state index >= 15 is 0 Å². The van der Waals surface area contributed by atoms with Crippen molar-refractivity contribution in [1.82, 2.24) is 0 Å². The lowest BCUT2D eigenvalue weighted by Gasteiger charge is -2.13. The molecule has 0 fully saturated rings. The Kier molecular flexibility index (Phi) is 3.44. The standard InChI is InChI=1S/C8H6BrClF3N/c9-7-4(3-14)5(8(11,12)13)1-2-6(7)10/h1-2H,3,14H2. The van der Waals surface area contributed by atoms with Crippen LogP contribution in [0.15, 0.2) is 16.6 Å².